The van der Waals surface area contributed by atoms with E-state index in [9.17, 15) is 14.0 Å². The molecule has 0 bridgehead atoms. The van der Waals surface area contributed by atoms with Crippen molar-refractivity contribution < 1.29 is 23.6 Å². The van der Waals surface area contributed by atoms with Crippen LogP contribution in [0, 0.1) is 12.7 Å². The van der Waals surface area contributed by atoms with Crippen molar-refractivity contribution in [3.8, 4) is 0 Å². The second-order valence-corrected chi connectivity index (χ2v) is 4.98. The SMILES string of the molecule is Cc1nocc1C(=O)N(CC(=O)O)Cc1c(F)cccc1Cl. The Morgan fingerprint density at radius 2 is 2.18 bits per heavy atom. The van der Waals surface area contributed by atoms with Crippen molar-refractivity contribution in [2.45, 2.75) is 13.5 Å². The Hall–Kier alpha value is -2.41. The van der Waals surface area contributed by atoms with Crippen molar-refractivity contribution in [2.75, 3.05) is 6.54 Å². The minimum Gasteiger partial charge on any atom is -0.480 e. The van der Waals surface area contributed by atoms with Crippen LogP contribution in [-0.2, 0) is 11.3 Å². The molecule has 0 saturated heterocycles. The van der Waals surface area contributed by atoms with E-state index < -0.39 is 24.2 Å². The second-order valence-electron chi connectivity index (χ2n) is 4.57. The topological polar surface area (TPSA) is 83.6 Å². The van der Waals surface area contributed by atoms with Gasteiger partial charge in [0.25, 0.3) is 5.91 Å². The maximum Gasteiger partial charge on any atom is 0.323 e. The number of amides is 1. The number of carbonyl (C=O) groups excluding carboxylic acids is 1. The third kappa shape index (κ3) is 3.43. The van der Waals surface area contributed by atoms with Gasteiger partial charge in [-0.15, -0.1) is 0 Å². The van der Waals surface area contributed by atoms with Crippen LogP contribution in [0.25, 0.3) is 0 Å². The summed E-state index contributed by atoms with van der Waals surface area (Å²) in [5, 5.41) is 12.6. The molecule has 1 aromatic heterocycles. The van der Waals surface area contributed by atoms with E-state index in [2.05, 4.69) is 9.68 Å². The first-order chi connectivity index (χ1) is 10.4. The Labute approximate surface area is 130 Å². The van der Waals surface area contributed by atoms with Crippen LogP contribution in [0.5, 0.6) is 0 Å². The number of halogens is 2. The lowest BCUT2D eigenvalue weighted by Gasteiger charge is -2.21. The summed E-state index contributed by atoms with van der Waals surface area (Å²) in [6.45, 7) is 0.668. The van der Waals surface area contributed by atoms with Gasteiger partial charge in [-0.05, 0) is 19.1 Å². The fourth-order valence-corrected chi connectivity index (χ4v) is 2.13. The van der Waals surface area contributed by atoms with Crippen molar-refractivity contribution in [1.29, 1.82) is 0 Å². The highest BCUT2D eigenvalue weighted by Gasteiger charge is 2.24. The monoisotopic (exact) mass is 326 g/mol. The molecule has 0 saturated carbocycles. The Bertz CT molecular complexity index is 696. The van der Waals surface area contributed by atoms with Crippen LogP contribution in [0.3, 0.4) is 0 Å². The van der Waals surface area contributed by atoms with Crippen LogP contribution in [0.1, 0.15) is 21.6 Å². The minimum absolute atomic E-state index is 0.0490. The van der Waals surface area contributed by atoms with Crippen molar-refractivity contribution >= 4 is 23.5 Å². The van der Waals surface area contributed by atoms with Gasteiger partial charge in [0.1, 0.15) is 24.2 Å². The van der Waals surface area contributed by atoms with E-state index in [1.807, 2.05) is 0 Å². The number of nitrogens with zero attached hydrogens (tertiary/aromatic N) is 2. The lowest BCUT2D eigenvalue weighted by Crippen LogP contribution is -2.35. The molecule has 8 heteroatoms. The summed E-state index contributed by atoms with van der Waals surface area (Å²) in [6, 6.07) is 4.08. The fraction of sp³-hybridized carbons (Fsp3) is 0.214. The molecular formula is C14H12ClFN2O4. The van der Waals surface area contributed by atoms with Crippen LogP contribution < -0.4 is 0 Å². The number of carboxylic acid groups (broad SMARTS) is 1. The lowest BCUT2D eigenvalue weighted by atomic mass is 10.1. The summed E-state index contributed by atoms with van der Waals surface area (Å²) in [5.41, 5.74) is 0.488. The van der Waals surface area contributed by atoms with Crippen LogP contribution in [0.15, 0.2) is 29.0 Å². The third-order valence-corrected chi connectivity index (χ3v) is 3.36. The number of rotatable bonds is 5. The van der Waals surface area contributed by atoms with E-state index in [1.165, 1.54) is 18.2 Å². The molecule has 22 heavy (non-hydrogen) atoms. The van der Waals surface area contributed by atoms with Crippen molar-refractivity contribution in [1.82, 2.24) is 10.1 Å². The number of carboxylic acids is 1. The highest BCUT2D eigenvalue weighted by molar-refractivity contribution is 6.31. The molecule has 6 nitrogen and oxygen atoms in total. The van der Waals surface area contributed by atoms with Crippen LogP contribution in [0.4, 0.5) is 4.39 Å². The van der Waals surface area contributed by atoms with Crippen LogP contribution >= 0.6 is 11.6 Å². The molecule has 116 valence electrons. The summed E-state index contributed by atoms with van der Waals surface area (Å²) in [7, 11) is 0. The van der Waals surface area contributed by atoms with Crippen LogP contribution in [-0.4, -0.2) is 33.6 Å². The van der Waals surface area contributed by atoms with Gasteiger partial charge in [-0.25, -0.2) is 4.39 Å². The van der Waals surface area contributed by atoms with E-state index >= 15 is 0 Å². The number of aryl methyl sites for hydroxylation is 1. The van der Waals surface area contributed by atoms with E-state index in [-0.39, 0.29) is 22.7 Å². The molecule has 0 aliphatic carbocycles. The first-order valence-electron chi connectivity index (χ1n) is 6.25. The minimum atomic E-state index is -1.23. The number of hydrogen-bond acceptors (Lipinski definition) is 4. The zero-order valence-electron chi connectivity index (χ0n) is 11.5. The van der Waals surface area contributed by atoms with E-state index in [1.54, 1.807) is 6.92 Å². The van der Waals surface area contributed by atoms with Crippen molar-refractivity contribution in [3.63, 3.8) is 0 Å². The highest BCUT2D eigenvalue weighted by Crippen LogP contribution is 2.22. The third-order valence-electron chi connectivity index (χ3n) is 3.00. The fourth-order valence-electron chi connectivity index (χ4n) is 1.91. The maximum atomic E-state index is 13.8. The number of aromatic nitrogens is 1. The number of carbonyl (C=O) groups is 2. The molecule has 0 atom stereocenters. The van der Waals surface area contributed by atoms with Gasteiger partial charge in [0.05, 0.1) is 12.2 Å². The van der Waals surface area contributed by atoms with E-state index in [0.29, 0.717) is 5.69 Å². The normalized spacial score (nSPS) is 10.5. The summed E-state index contributed by atoms with van der Waals surface area (Å²) in [5.74, 6) is -2.46. The van der Waals surface area contributed by atoms with Gasteiger partial charge in [0.2, 0.25) is 0 Å². The van der Waals surface area contributed by atoms with Gasteiger partial charge >= 0.3 is 5.97 Å². The molecule has 0 unspecified atom stereocenters. The molecule has 0 spiro atoms. The lowest BCUT2D eigenvalue weighted by molar-refractivity contribution is -0.137. The first kappa shape index (κ1) is 16.0. The summed E-state index contributed by atoms with van der Waals surface area (Å²) in [4.78, 5) is 24.3. The van der Waals surface area contributed by atoms with Gasteiger partial charge in [0.15, 0.2) is 0 Å². The Morgan fingerprint density at radius 3 is 2.73 bits per heavy atom. The highest BCUT2D eigenvalue weighted by atomic mass is 35.5. The number of aliphatic carboxylic acids is 1. The zero-order chi connectivity index (χ0) is 16.3. The molecule has 1 amide bonds. The van der Waals surface area contributed by atoms with E-state index in [0.717, 1.165) is 11.2 Å². The summed E-state index contributed by atoms with van der Waals surface area (Å²) >= 11 is 5.91. The largest absolute Gasteiger partial charge is 0.480 e. The molecule has 1 aromatic carbocycles. The quantitative estimate of drug-likeness (QED) is 0.912. The number of benzene rings is 1. The predicted octanol–water partition coefficient (Wildman–Crippen LogP) is 2.50. The first-order valence-corrected chi connectivity index (χ1v) is 6.63. The molecule has 0 aliphatic heterocycles. The van der Waals surface area contributed by atoms with Crippen molar-refractivity contribution in [3.05, 3.63) is 52.1 Å². The van der Waals surface area contributed by atoms with E-state index in [4.69, 9.17) is 16.7 Å². The average Bonchev–Trinajstić information content (AvgIpc) is 2.86. The Kier molecular flexibility index (Phi) is 4.77. The zero-order valence-corrected chi connectivity index (χ0v) is 12.3. The molecule has 2 aromatic rings. The number of hydrogen-bond donors (Lipinski definition) is 1. The molecule has 1 heterocycles. The Balaban J connectivity index is 2.33. The molecule has 0 aliphatic rings. The van der Waals surface area contributed by atoms with Crippen molar-refractivity contribution in [2.24, 2.45) is 0 Å². The second kappa shape index (κ2) is 6.57. The van der Waals surface area contributed by atoms with Crippen LogP contribution in [0.2, 0.25) is 5.02 Å². The van der Waals surface area contributed by atoms with Gasteiger partial charge in [-0.1, -0.05) is 22.8 Å². The average molecular weight is 327 g/mol. The summed E-state index contributed by atoms with van der Waals surface area (Å²) in [6.07, 6.45) is 1.12. The molecule has 0 radical (unpaired) electrons. The molecule has 2 rings (SSSR count). The Morgan fingerprint density at radius 1 is 1.45 bits per heavy atom. The maximum absolute atomic E-state index is 13.8. The van der Waals surface area contributed by atoms with Gasteiger partial charge in [0, 0.05) is 10.6 Å². The van der Waals surface area contributed by atoms with Gasteiger partial charge in [-0.3, -0.25) is 9.59 Å². The van der Waals surface area contributed by atoms with Gasteiger partial charge in [-0.2, -0.15) is 0 Å². The standard InChI is InChI=1S/C14H12ClFN2O4/c1-8-10(7-22-17-8)14(21)18(6-13(19)20)5-9-11(15)3-2-4-12(9)16/h2-4,7H,5-6H2,1H3,(H,19,20). The molecule has 1 N–H and O–H groups in total. The predicted molar refractivity (Wildman–Crippen MR) is 75.0 cm³/mol. The summed E-state index contributed by atoms with van der Waals surface area (Å²) < 4.78 is 18.5. The molecular weight excluding hydrogens is 315 g/mol. The van der Waals surface area contributed by atoms with Gasteiger partial charge < -0.3 is 14.5 Å². The smallest absolute Gasteiger partial charge is 0.323 e. The molecule has 0 fully saturated rings.